The first kappa shape index (κ1) is 24.1. The quantitative estimate of drug-likeness (QED) is 0.294. The van der Waals surface area contributed by atoms with Crippen LogP contribution in [0.4, 0.5) is 0 Å². The van der Waals surface area contributed by atoms with E-state index < -0.39 is 22.0 Å². The number of ketones is 1. The Kier molecular flexibility index (Phi) is 6.95. The monoisotopic (exact) mass is 508 g/mol. The molecule has 4 rings (SSSR count). The number of rotatable bonds is 7. The van der Waals surface area contributed by atoms with Crippen molar-refractivity contribution in [2.24, 2.45) is 0 Å². The van der Waals surface area contributed by atoms with Gasteiger partial charge in [-0.3, -0.25) is 19.4 Å². The van der Waals surface area contributed by atoms with E-state index in [1.165, 1.54) is 12.1 Å². The summed E-state index contributed by atoms with van der Waals surface area (Å²) in [5, 5.41) is 6.91. The maximum atomic E-state index is 13.4. The standard InChI is InChI=1S/C25H18Cl2N4O4/c26-19-10-6-17(7-11-19)25(27,23(34)28-14-21(32)16-4-2-1-3-5-16)18-8-12-20(13-9-18)31-24(35)30-22(33)15-29-31/h1-13,15H,14H2,(H,28,34)(H,30,33,35). The maximum absolute atomic E-state index is 13.4. The van der Waals surface area contributed by atoms with Crippen LogP contribution in [0.15, 0.2) is 94.6 Å². The molecule has 176 valence electrons. The Morgan fingerprint density at radius 3 is 2.11 bits per heavy atom. The number of alkyl halides is 1. The minimum Gasteiger partial charge on any atom is -0.347 e. The van der Waals surface area contributed by atoms with Gasteiger partial charge in [-0.05, 0) is 35.4 Å². The zero-order valence-corrected chi connectivity index (χ0v) is 19.6. The smallest absolute Gasteiger partial charge is 0.347 e. The van der Waals surface area contributed by atoms with Crippen molar-refractivity contribution in [1.29, 1.82) is 0 Å². The molecule has 0 bridgehead atoms. The molecule has 1 heterocycles. The van der Waals surface area contributed by atoms with E-state index >= 15 is 0 Å². The van der Waals surface area contributed by atoms with Crippen LogP contribution in [0.5, 0.6) is 0 Å². The molecule has 0 spiro atoms. The van der Waals surface area contributed by atoms with Gasteiger partial charge in [0.05, 0.1) is 12.2 Å². The highest BCUT2D eigenvalue weighted by Crippen LogP contribution is 2.38. The SMILES string of the molecule is O=C(CNC(=O)C(Cl)(c1ccc(Cl)cc1)c1ccc(-n2ncc(=O)[nH]c2=O)cc1)c1ccccc1. The Bertz CT molecular complexity index is 1480. The molecule has 0 radical (unpaired) electrons. The van der Waals surface area contributed by atoms with Gasteiger partial charge in [0, 0.05) is 10.6 Å². The van der Waals surface area contributed by atoms with Crippen molar-refractivity contribution in [3.63, 3.8) is 0 Å². The fraction of sp³-hybridized carbons (Fsp3) is 0.0800. The molecule has 0 saturated heterocycles. The number of aromatic nitrogens is 3. The van der Waals surface area contributed by atoms with E-state index in [4.69, 9.17) is 23.2 Å². The maximum Gasteiger partial charge on any atom is 0.349 e. The highest BCUT2D eigenvalue weighted by Gasteiger charge is 2.40. The van der Waals surface area contributed by atoms with Gasteiger partial charge >= 0.3 is 5.69 Å². The van der Waals surface area contributed by atoms with Crippen LogP contribution in [-0.4, -0.2) is 33.0 Å². The molecule has 0 aliphatic heterocycles. The van der Waals surface area contributed by atoms with Crippen molar-refractivity contribution in [3.8, 4) is 5.69 Å². The highest BCUT2D eigenvalue weighted by atomic mass is 35.5. The molecule has 1 unspecified atom stereocenters. The van der Waals surface area contributed by atoms with Crippen molar-refractivity contribution in [3.05, 3.63) is 128 Å². The predicted octanol–water partition coefficient (Wildman–Crippen LogP) is 3.06. The summed E-state index contributed by atoms with van der Waals surface area (Å²) in [4.78, 5) is 49.7. The molecule has 1 aromatic heterocycles. The van der Waals surface area contributed by atoms with Gasteiger partial charge in [-0.25, -0.2) is 4.79 Å². The molecule has 8 nitrogen and oxygen atoms in total. The third kappa shape index (κ3) is 5.08. The molecule has 1 amide bonds. The number of hydrogen-bond donors (Lipinski definition) is 2. The van der Waals surface area contributed by atoms with E-state index in [0.29, 0.717) is 27.4 Å². The van der Waals surface area contributed by atoms with Crippen molar-refractivity contribution >= 4 is 34.9 Å². The van der Waals surface area contributed by atoms with Crippen molar-refractivity contribution in [2.75, 3.05) is 6.54 Å². The van der Waals surface area contributed by atoms with Crippen LogP contribution in [0.25, 0.3) is 5.69 Å². The molecule has 0 aliphatic carbocycles. The summed E-state index contributed by atoms with van der Waals surface area (Å²) in [6.45, 7) is -0.250. The Morgan fingerprint density at radius 2 is 1.51 bits per heavy atom. The molecule has 10 heteroatoms. The van der Waals surface area contributed by atoms with Gasteiger partial charge in [0.1, 0.15) is 6.20 Å². The van der Waals surface area contributed by atoms with E-state index in [-0.39, 0.29) is 12.3 Å². The second-order valence-corrected chi connectivity index (χ2v) is 8.54. The average Bonchev–Trinajstić information content (AvgIpc) is 2.87. The van der Waals surface area contributed by atoms with Crippen molar-refractivity contribution < 1.29 is 9.59 Å². The number of nitrogens with one attached hydrogen (secondary N) is 2. The number of nitrogens with zero attached hydrogens (tertiary/aromatic N) is 2. The molecule has 4 aromatic rings. The van der Waals surface area contributed by atoms with Gasteiger partial charge in [0.2, 0.25) is 0 Å². The predicted molar refractivity (Wildman–Crippen MR) is 132 cm³/mol. The number of H-pyrrole nitrogens is 1. The normalized spacial score (nSPS) is 12.5. The summed E-state index contributed by atoms with van der Waals surface area (Å²) >= 11 is 13.0. The van der Waals surface area contributed by atoms with Crippen LogP contribution < -0.4 is 16.6 Å². The molecule has 1 atom stereocenters. The summed E-state index contributed by atoms with van der Waals surface area (Å²) in [5.74, 6) is -0.884. The van der Waals surface area contributed by atoms with Crippen LogP contribution in [0.1, 0.15) is 21.5 Å². The minimum atomic E-state index is -1.70. The number of carbonyl (C=O) groups is 2. The molecule has 35 heavy (non-hydrogen) atoms. The van der Waals surface area contributed by atoms with Crippen molar-refractivity contribution in [2.45, 2.75) is 4.87 Å². The summed E-state index contributed by atoms with van der Waals surface area (Å²) in [5.41, 5.74) is 0.296. The summed E-state index contributed by atoms with van der Waals surface area (Å²) in [6, 6.07) is 21.2. The molecule has 2 N–H and O–H groups in total. The number of hydrogen-bond acceptors (Lipinski definition) is 5. The summed E-state index contributed by atoms with van der Waals surface area (Å²) in [6.07, 6.45) is 0.978. The van der Waals surface area contributed by atoms with Crippen LogP contribution in [0.2, 0.25) is 5.02 Å². The number of aromatic amines is 1. The van der Waals surface area contributed by atoms with Crippen LogP contribution in [0.3, 0.4) is 0 Å². The van der Waals surface area contributed by atoms with Gasteiger partial charge in [-0.2, -0.15) is 9.78 Å². The first-order valence-electron chi connectivity index (χ1n) is 10.4. The largest absolute Gasteiger partial charge is 0.349 e. The van der Waals surface area contributed by atoms with E-state index in [0.717, 1.165) is 10.9 Å². The van der Waals surface area contributed by atoms with Crippen LogP contribution in [-0.2, 0) is 9.67 Å². The van der Waals surface area contributed by atoms with E-state index in [1.54, 1.807) is 66.7 Å². The summed E-state index contributed by atoms with van der Waals surface area (Å²) in [7, 11) is 0. The Balaban J connectivity index is 1.67. The Morgan fingerprint density at radius 1 is 0.914 bits per heavy atom. The second-order valence-electron chi connectivity index (χ2n) is 7.53. The fourth-order valence-electron chi connectivity index (χ4n) is 3.49. The van der Waals surface area contributed by atoms with Gasteiger partial charge in [0.15, 0.2) is 10.7 Å². The number of halogens is 2. The fourth-order valence-corrected chi connectivity index (χ4v) is 3.93. The molecule has 0 saturated carbocycles. The first-order valence-corrected chi connectivity index (χ1v) is 11.2. The number of Topliss-reactive ketones (excluding diaryl/α,β-unsaturated/α-hetero) is 1. The van der Waals surface area contributed by atoms with E-state index in [9.17, 15) is 19.2 Å². The molecule has 0 fully saturated rings. The molecular formula is C25H18Cl2N4O4. The van der Waals surface area contributed by atoms with Gasteiger partial charge in [0.25, 0.3) is 11.5 Å². The first-order chi connectivity index (χ1) is 16.8. The third-order valence-electron chi connectivity index (χ3n) is 5.28. The van der Waals surface area contributed by atoms with Crippen LogP contribution in [0, 0.1) is 0 Å². The number of benzene rings is 3. The van der Waals surface area contributed by atoms with Crippen LogP contribution >= 0.6 is 23.2 Å². The Hall–Kier alpha value is -4.01. The number of carbonyl (C=O) groups excluding carboxylic acids is 2. The highest BCUT2D eigenvalue weighted by molar-refractivity contribution is 6.37. The molecular weight excluding hydrogens is 491 g/mol. The molecule has 3 aromatic carbocycles. The lowest BCUT2D eigenvalue weighted by Gasteiger charge is -2.27. The molecule has 0 aliphatic rings. The zero-order valence-electron chi connectivity index (χ0n) is 18.1. The van der Waals surface area contributed by atoms with Gasteiger partial charge < -0.3 is 5.32 Å². The van der Waals surface area contributed by atoms with Crippen molar-refractivity contribution in [1.82, 2.24) is 20.1 Å². The third-order valence-corrected chi connectivity index (χ3v) is 6.14. The topological polar surface area (TPSA) is 114 Å². The lowest BCUT2D eigenvalue weighted by atomic mass is 9.89. The lowest BCUT2D eigenvalue weighted by molar-refractivity contribution is -0.122. The minimum absolute atomic E-state index is 0.250. The lowest BCUT2D eigenvalue weighted by Crippen LogP contribution is -2.43. The Labute approximate surface area is 209 Å². The van der Waals surface area contributed by atoms with Gasteiger partial charge in [-0.1, -0.05) is 77.8 Å². The van der Waals surface area contributed by atoms with Gasteiger partial charge in [-0.15, -0.1) is 0 Å². The van der Waals surface area contributed by atoms with E-state index in [1.807, 2.05) is 0 Å². The zero-order chi connectivity index (χ0) is 25.0. The average molecular weight is 509 g/mol. The second kappa shape index (κ2) is 10.1. The van der Waals surface area contributed by atoms with E-state index in [2.05, 4.69) is 15.4 Å². The number of amides is 1. The summed E-state index contributed by atoms with van der Waals surface area (Å²) < 4.78 is 1.00.